The van der Waals surface area contributed by atoms with Crippen LogP contribution in [0.2, 0.25) is 0 Å². The number of aromatic nitrogens is 1. The van der Waals surface area contributed by atoms with Gasteiger partial charge in [0.05, 0.1) is 17.2 Å². The van der Waals surface area contributed by atoms with Crippen LogP contribution in [0.5, 0.6) is 0 Å². The molecule has 0 saturated carbocycles. The Kier molecular flexibility index (Phi) is 6.15. The standard InChI is InChI=1S/C21H28N4O2S/c1-15-22-18(16-8-6-5-7-9-16)19(28-15)20(27)25-12-10-24(11-13-25)14-17(26)23-21(2,3)4/h5-9H,10-14H2,1-4H3,(H,23,26). The Hall–Kier alpha value is -2.25. The molecule has 2 aromatic rings. The van der Waals surface area contributed by atoms with Gasteiger partial charge in [-0.25, -0.2) is 4.98 Å². The number of nitrogens with zero attached hydrogens (tertiary/aromatic N) is 3. The van der Waals surface area contributed by atoms with Crippen LogP contribution in [0.15, 0.2) is 30.3 Å². The molecule has 150 valence electrons. The van der Waals surface area contributed by atoms with Crippen LogP contribution in [0.1, 0.15) is 35.5 Å². The number of benzene rings is 1. The molecule has 0 unspecified atom stereocenters. The van der Waals surface area contributed by atoms with Gasteiger partial charge in [-0.3, -0.25) is 14.5 Å². The third-order valence-corrected chi connectivity index (χ3v) is 5.48. The lowest BCUT2D eigenvalue weighted by atomic mass is 10.1. The number of thiazole rings is 1. The Morgan fingerprint density at radius 2 is 1.75 bits per heavy atom. The van der Waals surface area contributed by atoms with Crippen molar-refractivity contribution in [1.82, 2.24) is 20.1 Å². The first-order valence-electron chi connectivity index (χ1n) is 9.58. The summed E-state index contributed by atoms with van der Waals surface area (Å²) in [5.74, 6) is 0.0555. The van der Waals surface area contributed by atoms with Crippen molar-refractivity contribution in [2.45, 2.75) is 33.2 Å². The highest BCUT2D eigenvalue weighted by molar-refractivity contribution is 7.14. The van der Waals surface area contributed by atoms with Crippen LogP contribution in [0.4, 0.5) is 0 Å². The lowest BCUT2D eigenvalue weighted by Crippen LogP contribution is -2.52. The van der Waals surface area contributed by atoms with E-state index in [0.29, 0.717) is 37.6 Å². The molecule has 6 nitrogen and oxygen atoms in total. The van der Waals surface area contributed by atoms with Gasteiger partial charge in [-0.05, 0) is 27.7 Å². The predicted octanol–water partition coefficient (Wildman–Crippen LogP) is 2.79. The SMILES string of the molecule is Cc1nc(-c2ccccc2)c(C(=O)N2CCN(CC(=O)NC(C)(C)C)CC2)s1. The Balaban J connectivity index is 1.63. The van der Waals surface area contributed by atoms with Crippen LogP contribution in [0.3, 0.4) is 0 Å². The first-order chi connectivity index (χ1) is 13.2. The van der Waals surface area contributed by atoms with Gasteiger partial charge in [0.2, 0.25) is 5.91 Å². The minimum Gasteiger partial charge on any atom is -0.350 e. The molecule has 0 bridgehead atoms. The van der Waals surface area contributed by atoms with E-state index < -0.39 is 0 Å². The average Bonchev–Trinajstić information content (AvgIpc) is 3.03. The lowest BCUT2D eigenvalue weighted by Gasteiger charge is -2.34. The first-order valence-corrected chi connectivity index (χ1v) is 10.4. The molecule has 7 heteroatoms. The monoisotopic (exact) mass is 400 g/mol. The predicted molar refractivity (Wildman–Crippen MR) is 113 cm³/mol. The van der Waals surface area contributed by atoms with Gasteiger partial charge in [-0.1, -0.05) is 30.3 Å². The van der Waals surface area contributed by atoms with E-state index >= 15 is 0 Å². The third-order valence-electron chi connectivity index (χ3n) is 4.52. The molecule has 0 atom stereocenters. The zero-order chi connectivity index (χ0) is 20.3. The highest BCUT2D eigenvalue weighted by atomic mass is 32.1. The summed E-state index contributed by atoms with van der Waals surface area (Å²) in [7, 11) is 0. The van der Waals surface area contributed by atoms with Crippen molar-refractivity contribution in [3.05, 3.63) is 40.2 Å². The Morgan fingerprint density at radius 1 is 1.11 bits per heavy atom. The summed E-state index contributed by atoms with van der Waals surface area (Å²) in [5, 5.41) is 3.88. The Labute approximate surface area is 170 Å². The molecule has 1 aliphatic heterocycles. The second-order valence-corrected chi connectivity index (χ2v) is 9.35. The van der Waals surface area contributed by atoms with Crippen molar-refractivity contribution in [3.8, 4) is 11.3 Å². The average molecular weight is 401 g/mol. The number of aryl methyl sites for hydroxylation is 1. The Bertz CT molecular complexity index is 834. The van der Waals surface area contributed by atoms with E-state index in [1.807, 2.05) is 62.9 Å². The van der Waals surface area contributed by atoms with Gasteiger partial charge in [0.25, 0.3) is 5.91 Å². The summed E-state index contributed by atoms with van der Waals surface area (Å²) in [5.41, 5.74) is 1.50. The summed E-state index contributed by atoms with van der Waals surface area (Å²) in [6, 6.07) is 9.84. The molecule has 1 aromatic carbocycles. The molecule has 3 rings (SSSR count). The van der Waals surface area contributed by atoms with E-state index in [4.69, 9.17) is 0 Å². The topological polar surface area (TPSA) is 65.5 Å². The van der Waals surface area contributed by atoms with Crippen molar-refractivity contribution in [1.29, 1.82) is 0 Å². The number of carbonyl (C=O) groups excluding carboxylic acids is 2. The summed E-state index contributed by atoms with van der Waals surface area (Å²) < 4.78 is 0. The molecule has 1 aromatic heterocycles. The number of amides is 2. The molecular weight excluding hydrogens is 372 g/mol. The summed E-state index contributed by atoms with van der Waals surface area (Å²) >= 11 is 1.45. The quantitative estimate of drug-likeness (QED) is 0.857. The van der Waals surface area contributed by atoms with Crippen LogP contribution in [0.25, 0.3) is 11.3 Å². The van der Waals surface area contributed by atoms with Crippen molar-refractivity contribution in [2.75, 3.05) is 32.7 Å². The lowest BCUT2D eigenvalue weighted by molar-refractivity contribution is -0.124. The van der Waals surface area contributed by atoms with Crippen molar-refractivity contribution >= 4 is 23.2 Å². The number of hydrogen-bond donors (Lipinski definition) is 1. The van der Waals surface area contributed by atoms with E-state index in [-0.39, 0.29) is 17.4 Å². The van der Waals surface area contributed by atoms with Crippen LogP contribution >= 0.6 is 11.3 Å². The van der Waals surface area contributed by atoms with Gasteiger partial charge in [-0.15, -0.1) is 11.3 Å². The van der Waals surface area contributed by atoms with Crippen LogP contribution < -0.4 is 5.32 Å². The second kappa shape index (κ2) is 8.41. The minimum atomic E-state index is -0.229. The summed E-state index contributed by atoms with van der Waals surface area (Å²) in [4.78, 5) is 34.5. The third kappa shape index (κ3) is 5.17. The second-order valence-electron chi connectivity index (χ2n) is 8.14. The van der Waals surface area contributed by atoms with Crippen molar-refractivity contribution in [2.24, 2.45) is 0 Å². The van der Waals surface area contributed by atoms with E-state index in [1.165, 1.54) is 11.3 Å². The number of piperazine rings is 1. The van der Waals surface area contributed by atoms with Crippen molar-refractivity contribution < 1.29 is 9.59 Å². The maximum atomic E-state index is 13.1. The molecule has 1 fully saturated rings. The molecule has 28 heavy (non-hydrogen) atoms. The molecule has 1 N–H and O–H groups in total. The molecular formula is C21H28N4O2S. The smallest absolute Gasteiger partial charge is 0.266 e. The first kappa shape index (κ1) is 20.5. The fourth-order valence-corrected chi connectivity index (χ4v) is 4.19. The zero-order valence-electron chi connectivity index (χ0n) is 17.0. The fourth-order valence-electron chi connectivity index (χ4n) is 3.28. The van der Waals surface area contributed by atoms with Crippen LogP contribution in [-0.4, -0.2) is 64.9 Å². The highest BCUT2D eigenvalue weighted by Crippen LogP contribution is 2.29. The Morgan fingerprint density at radius 3 is 2.36 bits per heavy atom. The molecule has 0 aliphatic carbocycles. The zero-order valence-corrected chi connectivity index (χ0v) is 17.8. The van der Waals surface area contributed by atoms with Crippen molar-refractivity contribution in [3.63, 3.8) is 0 Å². The largest absolute Gasteiger partial charge is 0.350 e. The van der Waals surface area contributed by atoms with E-state index in [0.717, 1.165) is 16.3 Å². The van der Waals surface area contributed by atoms with Gasteiger partial charge < -0.3 is 10.2 Å². The minimum absolute atomic E-state index is 0.0247. The molecule has 2 amide bonds. The molecule has 1 aliphatic rings. The maximum Gasteiger partial charge on any atom is 0.266 e. The van der Waals surface area contributed by atoms with Gasteiger partial charge >= 0.3 is 0 Å². The fraction of sp³-hybridized carbons (Fsp3) is 0.476. The highest BCUT2D eigenvalue weighted by Gasteiger charge is 2.27. The van der Waals surface area contributed by atoms with E-state index in [2.05, 4.69) is 15.2 Å². The number of hydrogen-bond acceptors (Lipinski definition) is 5. The summed E-state index contributed by atoms with van der Waals surface area (Å²) in [6.45, 7) is 10.9. The summed E-state index contributed by atoms with van der Waals surface area (Å²) in [6.07, 6.45) is 0. The van der Waals surface area contributed by atoms with Gasteiger partial charge in [0, 0.05) is 37.3 Å². The van der Waals surface area contributed by atoms with Gasteiger partial charge in [0.1, 0.15) is 4.88 Å². The normalized spacial score (nSPS) is 15.5. The number of rotatable bonds is 4. The molecule has 0 spiro atoms. The molecule has 1 saturated heterocycles. The van der Waals surface area contributed by atoms with Crippen LogP contribution in [0, 0.1) is 6.92 Å². The van der Waals surface area contributed by atoms with E-state index in [1.54, 1.807) is 0 Å². The number of carbonyl (C=O) groups is 2. The van der Waals surface area contributed by atoms with E-state index in [9.17, 15) is 9.59 Å². The molecule has 2 heterocycles. The van der Waals surface area contributed by atoms with Crippen LogP contribution in [-0.2, 0) is 4.79 Å². The maximum absolute atomic E-state index is 13.1. The van der Waals surface area contributed by atoms with Gasteiger partial charge in [-0.2, -0.15) is 0 Å². The number of nitrogens with one attached hydrogen (secondary N) is 1. The van der Waals surface area contributed by atoms with Gasteiger partial charge in [0.15, 0.2) is 0 Å². The molecule has 0 radical (unpaired) electrons.